The first-order valence-electron chi connectivity index (χ1n) is 5.52. The monoisotopic (exact) mass is 216 g/mol. The van der Waals surface area contributed by atoms with Gasteiger partial charge in [-0.05, 0) is 26.9 Å². The van der Waals surface area contributed by atoms with E-state index in [1.54, 1.807) is 7.11 Å². The zero-order chi connectivity index (χ0) is 11.6. The predicted molar refractivity (Wildman–Crippen MR) is 60.4 cm³/mol. The average molecular weight is 216 g/mol. The van der Waals surface area contributed by atoms with Crippen molar-refractivity contribution in [1.82, 2.24) is 9.80 Å². The molecule has 1 rings (SSSR count). The summed E-state index contributed by atoms with van der Waals surface area (Å²) in [6, 6.07) is 0.492. The highest BCUT2D eigenvalue weighted by Gasteiger charge is 2.54. The zero-order valence-electron chi connectivity index (χ0n) is 10.8. The molecule has 15 heavy (non-hydrogen) atoms. The highest BCUT2D eigenvalue weighted by atomic mass is 16.6. The molecular weight excluding hydrogens is 192 g/mol. The van der Waals surface area contributed by atoms with Crippen LogP contribution in [-0.2, 0) is 9.47 Å². The van der Waals surface area contributed by atoms with Gasteiger partial charge in [0, 0.05) is 13.2 Å². The lowest BCUT2D eigenvalue weighted by Gasteiger charge is -2.37. The zero-order valence-corrected chi connectivity index (χ0v) is 10.8. The number of hydrogen-bond acceptors (Lipinski definition) is 4. The second-order valence-electron chi connectivity index (χ2n) is 4.74. The number of rotatable bonds is 6. The fourth-order valence-corrected chi connectivity index (χ4v) is 1.82. The van der Waals surface area contributed by atoms with Crippen LogP contribution in [0.5, 0.6) is 0 Å². The SMILES string of the molecule is COCN(C)C1(N(C)C(C)C(C)C)CO1. The Morgan fingerprint density at radius 2 is 1.87 bits per heavy atom. The van der Waals surface area contributed by atoms with Gasteiger partial charge in [0.05, 0.1) is 0 Å². The number of methoxy groups -OCH3 is 1. The molecule has 0 aromatic rings. The summed E-state index contributed by atoms with van der Waals surface area (Å²) in [5, 5.41) is 0. The van der Waals surface area contributed by atoms with Crippen LogP contribution in [0, 0.1) is 5.92 Å². The van der Waals surface area contributed by atoms with Crippen LogP contribution in [0.25, 0.3) is 0 Å². The molecular formula is C11H24N2O2. The van der Waals surface area contributed by atoms with Gasteiger partial charge in [0.2, 0.25) is 5.85 Å². The van der Waals surface area contributed by atoms with Crippen molar-refractivity contribution >= 4 is 0 Å². The molecule has 0 aromatic heterocycles. The Bertz CT molecular complexity index is 205. The summed E-state index contributed by atoms with van der Waals surface area (Å²) in [7, 11) is 5.85. The average Bonchev–Trinajstić information content (AvgIpc) is 2.96. The third-order valence-corrected chi connectivity index (χ3v) is 3.45. The second-order valence-corrected chi connectivity index (χ2v) is 4.74. The lowest BCUT2D eigenvalue weighted by Crippen LogP contribution is -2.53. The van der Waals surface area contributed by atoms with Crippen molar-refractivity contribution in [3.63, 3.8) is 0 Å². The van der Waals surface area contributed by atoms with Crippen LogP contribution in [0.1, 0.15) is 20.8 Å². The summed E-state index contributed by atoms with van der Waals surface area (Å²) < 4.78 is 10.8. The van der Waals surface area contributed by atoms with E-state index in [4.69, 9.17) is 9.47 Å². The van der Waals surface area contributed by atoms with Crippen molar-refractivity contribution in [1.29, 1.82) is 0 Å². The number of epoxide rings is 1. The van der Waals surface area contributed by atoms with Crippen LogP contribution in [-0.4, -0.2) is 56.2 Å². The van der Waals surface area contributed by atoms with Crippen LogP contribution in [0.3, 0.4) is 0 Å². The summed E-state index contributed by atoms with van der Waals surface area (Å²) in [5.41, 5.74) is 0. The summed E-state index contributed by atoms with van der Waals surface area (Å²) in [6.07, 6.45) is 0. The van der Waals surface area contributed by atoms with Gasteiger partial charge in [-0.15, -0.1) is 0 Å². The minimum atomic E-state index is -0.236. The van der Waals surface area contributed by atoms with Crippen LogP contribution in [0.2, 0.25) is 0 Å². The van der Waals surface area contributed by atoms with Crippen molar-refractivity contribution in [3.05, 3.63) is 0 Å². The molecule has 90 valence electrons. The third-order valence-electron chi connectivity index (χ3n) is 3.45. The number of likely N-dealkylation sites (N-methyl/N-ethyl adjacent to an activating group) is 2. The second kappa shape index (κ2) is 4.78. The maximum atomic E-state index is 5.62. The maximum Gasteiger partial charge on any atom is 0.205 e. The van der Waals surface area contributed by atoms with E-state index in [9.17, 15) is 0 Å². The largest absolute Gasteiger partial charge is 0.369 e. The first-order chi connectivity index (χ1) is 6.95. The molecule has 1 fully saturated rings. The molecule has 1 heterocycles. The molecule has 1 aliphatic heterocycles. The van der Waals surface area contributed by atoms with Gasteiger partial charge in [-0.25, -0.2) is 4.90 Å². The van der Waals surface area contributed by atoms with Crippen LogP contribution < -0.4 is 0 Å². The van der Waals surface area contributed by atoms with Crippen molar-refractivity contribution in [2.75, 3.05) is 34.5 Å². The minimum Gasteiger partial charge on any atom is -0.369 e. The normalized spacial score (nSPS) is 27.8. The Kier molecular flexibility index (Phi) is 4.12. The Morgan fingerprint density at radius 3 is 2.20 bits per heavy atom. The standard InChI is InChI=1S/C11H24N2O2/c1-9(2)10(3)13(5)11(7-15-11)12(4)8-14-6/h9-10H,7-8H2,1-6H3. The van der Waals surface area contributed by atoms with Crippen molar-refractivity contribution in [3.8, 4) is 0 Å². The first-order valence-corrected chi connectivity index (χ1v) is 5.52. The highest BCUT2D eigenvalue weighted by molar-refractivity contribution is 4.91. The molecule has 0 aliphatic carbocycles. The number of nitrogens with zero attached hydrogens (tertiary/aromatic N) is 2. The van der Waals surface area contributed by atoms with Crippen molar-refractivity contribution < 1.29 is 9.47 Å². The topological polar surface area (TPSA) is 28.2 Å². The summed E-state index contributed by atoms with van der Waals surface area (Å²) >= 11 is 0. The molecule has 0 spiro atoms. The molecule has 0 aromatic carbocycles. The molecule has 2 unspecified atom stereocenters. The van der Waals surface area contributed by atoms with Crippen molar-refractivity contribution in [2.24, 2.45) is 5.92 Å². The molecule has 0 N–H and O–H groups in total. The van der Waals surface area contributed by atoms with Gasteiger partial charge in [-0.3, -0.25) is 4.90 Å². The lowest BCUT2D eigenvalue weighted by atomic mass is 10.0. The van der Waals surface area contributed by atoms with Crippen molar-refractivity contribution in [2.45, 2.75) is 32.7 Å². The van der Waals surface area contributed by atoms with E-state index in [2.05, 4.69) is 37.6 Å². The van der Waals surface area contributed by atoms with E-state index in [1.807, 2.05) is 7.05 Å². The van der Waals surface area contributed by atoms with E-state index in [0.29, 0.717) is 18.7 Å². The van der Waals surface area contributed by atoms with Gasteiger partial charge < -0.3 is 9.47 Å². The quantitative estimate of drug-likeness (QED) is 0.492. The molecule has 2 atom stereocenters. The third kappa shape index (κ3) is 2.50. The highest BCUT2D eigenvalue weighted by Crippen LogP contribution is 2.35. The van der Waals surface area contributed by atoms with Gasteiger partial charge in [0.25, 0.3) is 0 Å². The van der Waals surface area contributed by atoms with E-state index >= 15 is 0 Å². The van der Waals surface area contributed by atoms with Gasteiger partial charge in [0.1, 0.15) is 13.3 Å². The van der Waals surface area contributed by atoms with Crippen LogP contribution in [0.4, 0.5) is 0 Å². The maximum absolute atomic E-state index is 5.62. The first kappa shape index (κ1) is 12.9. The van der Waals surface area contributed by atoms with Crippen LogP contribution in [0.15, 0.2) is 0 Å². The molecule has 0 bridgehead atoms. The number of hydrogen-bond donors (Lipinski definition) is 0. The number of ether oxygens (including phenoxy) is 2. The molecule has 1 aliphatic rings. The minimum absolute atomic E-state index is 0.236. The Hall–Kier alpha value is -0.160. The lowest BCUT2D eigenvalue weighted by molar-refractivity contribution is -0.0964. The summed E-state index contributed by atoms with van der Waals surface area (Å²) in [6.45, 7) is 8.05. The van der Waals surface area contributed by atoms with E-state index in [1.165, 1.54) is 0 Å². The van der Waals surface area contributed by atoms with Gasteiger partial charge in [-0.2, -0.15) is 0 Å². The fourth-order valence-electron chi connectivity index (χ4n) is 1.82. The molecule has 0 saturated carbocycles. The Balaban J connectivity index is 2.61. The molecule has 0 amide bonds. The smallest absolute Gasteiger partial charge is 0.205 e. The molecule has 4 heteroatoms. The predicted octanol–water partition coefficient (Wildman–Crippen LogP) is 1.18. The Labute approximate surface area is 93.1 Å². The van der Waals surface area contributed by atoms with Crippen LogP contribution >= 0.6 is 0 Å². The fraction of sp³-hybridized carbons (Fsp3) is 1.00. The van der Waals surface area contributed by atoms with Gasteiger partial charge in [-0.1, -0.05) is 13.8 Å². The summed E-state index contributed by atoms with van der Waals surface area (Å²) in [4.78, 5) is 4.39. The van der Waals surface area contributed by atoms with Gasteiger partial charge in [0.15, 0.2) is 0 Å². The van der Waals surface area contributed by atoms with E-state index < -0.39 is 0 Å². The van der Waals surface area contributed by atoms with E-state index in [-0.39, 0.29) is 5.85 Å². The molecule has 0 radical (unpaired) electrons. The van der Waals surface area contributed by atoms with E-state index in [0.717, 1.165) is 6.61 Å². The molecule has 1 saturated heterocycles. The Morgan fingerprint density at radius 1 is 1.33 bits per heavy atom. The van der Waals surface area contributed by atoms with Gasteiger partial charge >= 0.3 is 0 Å². The summed E-state index contributed by atoms with van der Waals surface area (Å²) in [5.74, 6) is 0.381. The molecule has 4 nitrogen and oxygen atoms in total.